The zero-order valence-corrected chi connectivity index (χ0v) is 14.6. The van der Waals surface area contributed by atoms with Gasteiger partial charge in [0.05, 0.1) is 10.6 Å². The predicted molar refractivity (Wildman–Crippen MR) is 94.6 cm³/mol. The number of non-ortho nitro benzene ring substituents is 1. The van der Waals surface area contributed by atoms with Gasteiger partial charge in [-0.25, -0.2) is 4.90 Å². The molecule has 0 unspecified atom stereocenters. The third-order valence-corrected chi connectivity index (χ3v) is 4.72. The lowest BCUT2D eigenvalue weighted by atomic mass is 9.94. The molecule has 2 amide bonds. The number of benzene rings is 2. The van der Waals surface area contributed by atoms with Gasteiger partial charge in [-0.15, -0.1) is 0 Å². The summed E-state index contributed by atoms with van der Waals surface area (Å²) in [6.07, 6.45) is -1.06. The number of amides is 2. The first kappa shape index (κ1) is 16.4. The van der Waals surface area contributed by atoms with E-state index in [4.69, 9.17) is 4.84 Å². The Kier molecular flexibility index (Phi) is 3.80. The SMILES string of the molecule is O=C1[C@@H]2C(c3cccc([N+](=O)[O-])c3)=NO[C@H]2C(=O)N1c1cccc(Br)c1. The highest BCUT2D eigenvalue weighted by molar-refractivity contribution is 9.10. The van der Waals surface area contributed by atoms with Gasteiger partial charge >= 0.3 is 0 Å². The van der Waals surface area contributed by atoms with Crippen LogP contribution in [0.5, 0.6) is 0 Å². The molecule has 0 aliphatic carbocycles. The molecule has 4 rings (SSSR count). The van der Waals surface area contributed by atoms with E-state index in [-0.39, 0.29) is 11.4 Å². The number of nitrogens with zero attached hydrogens (tertiary/aromatic N) is 3. The topological polar surface area (TPSA) is 102 Å². The molecule has 0 saturated carbocycles. The van der Waals surface area contributed by atoms with Crippen molar-refractivity contribution in [1.29, 1.82) is 0 Å². The molecule has 26 heavy (non-hydrogen) atoms. The lowest BCUT2D eigenvalue weighted by molar-refractivity contribution is -0.384. The molecule has 1 fully saturated rings. The second-order valence-electron chi connectivity index (χ2n) is 5.78. The summed E-state index contributed by atoms with van der Waals surface area (Å²) in [5.41, 5.74) is 0.888. The monoisotopic (exact) mass is 415 g/mol. The summed E-state index contributed by atoms with van der Waals surface area (Å²) >= 11 is 3.31. The molecular formula is C17H10BrN3O5. The van der Waals surface area contributed by atoms with Crippen molar-refractivity contribution in [3.63, 3.8) is 0 Å². The summed E-state index contributed by atoms with van der Waals surface area (Å²) < 4.78 is 0.723. The number of nitro benzene ring substituents is 1. The number of carbonyl (C=O) groups is 2. The Morgan fingerprint density at radius 1 is 1.12 bits per heavy atom. The van der Waals surface area contributed by atoms with E-state index in [0.29, 0.717) is 11.3 Å². The van der Waals surface area contributed by atoms with E-state index in [1.54, 1.807) is 30.3 Å². The van der Waals surface area contributed by atoms with Crippen molar-refractivity contribution >= 4 is 44.8 Å². The highest BCUT2D eigenvalue weighted by Crippen LogP contribution is 2.36. The van der Waals surface area contributed by atoms with Crippen LogP contribution >= 0.6 is 15.9 Å². The summed E-state index contributed by atoms with van der Waals surface area (Å²) in [6.45, 7) is 0. The fourth-order valence-electron chi connectivity index (χ4n) is 3.06. The molecule has 9 heteroatoms. The number of hydrogen-bond donors (Lipinski definition) is 0. The number of imide groups is 1. The largest absolute Gasteiger partial charge is 0.381 e. The zero-order chi connectivity index (χ0) is 18.4. The van der Waals surface area contributed by atoms with E-state index >= 15 is 0 Å². The molecule has 1 saturated heterocycles. The molecule has 0 aromatic heterocycles. The molecule has 2 aliphatic rings. The molecular weight excluding hydrogens is 406 g/mol. The number of oxime groups is 1. The number of hydrogen-bond acceptors (Lipinski definition) is 6. The van der Waals surface area contributed by atoms with E-state index in [0.717, 1.165) is 9.37 Å². The minimum absolute atomic E-state index is 0.130. The van der Waals surface area contributed by atoms with Crippen LogP contribution in [0.4, 0.5) is 11.4 Å². The second-order valence-corrected chi connectivity index (χ2v) is 6.70. The van der Waals surface area contributed by atoms with Crippen LogP contribution in [0.15, 0.2) is 58.2 Å². The van der Waals surface area contributed by atoms with Crippen LogP contribution in [-0.4, -0.2) is 28.6 Å². The smallest absolute Gasteiger partial charge is 0.278 e. The first-order valence-corrected chi connectivity index (χ1v) is 8.38. The molecule has 2 aromatic rings. The van der Waals surface area contributed by atoms with Crippen molar-refractivity contribution < 1.29 is 19.3 Å². The van der Waals surface area contributed by atoms with Gasteiger partial charge in [0.1, 0.15) is 11.6 Å². The van der Waals surface area contributed by atoms with Crippen molar-refractivity contribution in [2.75, 3.05) is 4.90 Å². The van der Waals surface area contributed by atoms with Crippen LogP contribution in [-0.2, 0) is 14.4 Å². The van der Waals surface area contributed by atoms with E-state index in [1.165, 1.54) is 18.2 Å². The van der Waals surface area contributed by atoms with Gasteiger partial charge in [0.2, 0.25) is 12.0 Å². The molecule has 2 heterocycles. The minimum atomic E-state index is -1.06. The summed E-state index contributed by atoms with van der Waals surface area (Å²) in [4.78, 5) is 42.3. The molecule has 130 valence electrons. The number of rotatable bonds is 3. The average molecular weight is 416 g/mol. The fourth-order valence-corrected chi connectivity index (χ4v) is 3.45. The van der Waals surface area contributed by atoms with Crippen molar-refractivity contribution in [3.05, 3.63) is 68.7 Å². The molecule has 2 aromatic carbocycles. The van der Waals surface area contributed by atoms with Crippen LogP contribution in [0.2, 0.25) is 0 Å². The van der Waals surface area contributed by atoms with Gasteiger partial charge in [0, 0.05) is 22.2 Å². The van der Waals surface area contributed by atoms with Crippen molar-refractivity contribution in [2.24, 2.45) is 11.1 Å². The minimum Gasteiger partial charge on any atom is -0.381 e. The Balaban J connectivity index is 1.71. The highest BCUT2D eigenvalue weighted by Gasteiger charge is 2.56. The van der Waals surface area contributed by atoms with E-state index in [2.05, 4.69) is 21.1 Å². The number of carbonyl (C=O) groups excluding carboxylic acids is 2. The van der Waals surface area contributed by atoms with Crippen LogP contribution in [0.1, 0.15) is 5.56 Å². The Morgan fingerprint density at radius 2 is 1.88 bits per heavy atom. The Morgan fingerprint density at radius 3 is 2.62 bits per heavy atom. The van der Waals surface area contributed by atoms with Gasteiger partial charge < -0.3 is 4.84 Å². The summed E-state index contributed by atoms with van der Waals surface area (Å²) in [7, 11) is 0. The van der Waals surface area contributed by atoms with Gasteiger partial charge in [-0.2, -0.15) is 0 Å². The van der Waals surface area contributed by atoms with Gasteiger partial charge in [-0.1, -0.05) is 39.3 Å². The number of nitro groups is 1. The summed E-state index contributed by atoms with van der Waals surface area (Å²) in [6, 6.07) is 12.5. The predicted octanol–water partition coefficient (Wildman–Crippen LogP) is 2.65. The van der Waals surface area contributed by atoms with E-state index in [9.17, 15) is 19.7 Å². The van der Waals surface area contributed by atoms with Crippen molar-refractivity contribution in [3.8, 4) is 0 Å². The first-order valence-electron chi connectivity index (χ1n) is 7.59. The second kappa shape index (κ2) is 6.03. The summed E-state index contributed by atoms with van der Waals surface area (Å²) in [5, 5.41) is 14.8. The lowest BCUT2D eigenvalue weighted by Crippen LogP contribution is -2.33. The molecule has 8 nitrogen and oxygen atoms in total. The average Bonchev–Trinajstić information content (AvgIpc) is 3.16. The Bertz CT molecular complexity index is 990. The molecule has 2 aliphatic heterocycles. The third-order valence-electron chi connectivity index (χ3n) is 4.23. The van der Waals surface area contributed by atoms with Gasteiger partial charge in [-0.3, -0.25) is 19.7 Å². The molecule has 0 bridgehead atoms. The van der Waals surface area contributed by atoms with Crippen molar-refractivity contribution in [1.82, 2.24) is 0 Å². The third kappa shape index (κ3) is 2.48. The Hall–Kier alpha value is -3.07. The van der Waals surface area contributed by atoms with E-state index in [1.807, 2.05) is 0 Å². The summed E-state index contributed by atoms with van der Waals surface area (Å²) in [5.74, 6) is -1.91. The maximum Gasteiger partial charge on any atom is 0.278 e. The maximum atomic E-state index is 12.9. The van der Waals surface area contributed by atoms with Gasteiger partial charge in [0.15, 0.2) is 0 Å². The van der Waals surface area contributed by atoms with Gasteiger partial charge in [0.25, 0.3) is 11.6 Å². The van der Waals surface area contributed by atoms with Crippen LogP contribution in [0.25, 0.3) is 0 Å². The quantitative estimate of drug-likeness (QED) is 0.435. The molecule has 0 N–H and O–H groups in total. The van der Waals surface area contributed by atoms with Crippen LogP contribution in [0.3, 0.4) is 0 Å². The molecule has 0 spiro atoms. The highest BCUT2D eigenvalue weighted by atomic mass is 79.9. The standard InChI is InChI=1S/C17H10BrN3O5/c18-10-4-2-5-11(8-10)20-16(22)13-14(19-26-15(13)17(20)23)9-3-1-6-12(7-9)21(24)25/h1-8,13,15H/t13-,15-/m1/s1. The maximum absolute atomic E-state index is 12.9. The van der Waals surface area contributed by atoms with E-state index < -0.39 is 28.8 Å². The molecule has 2 atom stereocenters. The van der Waals surface area contributed by atoms with Crippen LogP contribution in [0, 0.1) is 16.0 Å². The number of fused-ring (bicyclic) bond motifs is 1. The van der Waals surface area contributed by atoms with Crippen LogP contribution < -0.4 is 4.90 Å². The number of anilines is 1. The zero-order valence-electron chi connectivity index (χ0n) is 13.0. The number of halogens is 1. The first-order chi connectivity index (χ1) is 12.5. The van der Waals surface area contributed by atoms with Crippen molar-refractivity contribution in [2.45, 2.75) is 6.10 Å². The molecule has 0 radical (unpaired) electrons. The van der Waals surface area contributed by atoms with Gasteiger partial charge in [-0.05, 0) is 18.2 Å². The lowest BCUT2D eigenvalue weighted by Gasteiger charge is -2.15. The normalized spacial score (nSPS) is 21.4. The Labute approximate surface area is 155 Å². The fraction of sp³-hybridized carbons (Fsp3) is 0.118.